The summed E-state index contributed by atoms with van der Waals surface area (Å²) in [4.78, 5) is 26.0. The van der Waals surface area contributed by atoms with Crippen molar-refractivity contribution in [1.82, 2.24) is 5.32 Å². The lowest BCUT2D eigenvalue weighted by molar-refractivity contribution is -0.128. The molecule has 0 saturated carbocycles. The predicted octanol–water partition coefficient (Wildman–Crippen LogP) is 4.69. The standard InChI is InChI=1S/C23H20N2O4S/c26-19(12-11-15-4-3-13-28-15)29-16-9-7-14(8-10-16)21-24-22(27)20-17-5-1-2-6-18(17)30-23(20)25-21/h3-4,7-13,21,25H,1-2,5-6H2,(H,24,27)/b12-11-/t21-/m1/s1. The number of thiophene rings is 1. The van der Waals surface area contributed by atoms with Crippen LogP contribution in [0.2, 0.25) is 0 Å². The van der Waals surface area contributed by atoms with Gasteiger partial charge < -0.3 is 19.8 Å². The Bertz CT molecular complexity index is 1110. The number of rotatable bonds is 4. The topological polar surface area (TPSA) is 80.6 Å². The quantitative estimate of drug-likeness (QED) is 0.364. The van der Waals surface area contributed by atoms with Crippen LogP contribution in [-0.2, 0) is 17.6 Å². The van der Waals surface area contributed by atoms with E-state index in [-0.39, 0.29) is 12.1 Å². The van der Waals surface area contributed by atoms with E-state index in [1.54, 1.807) is 41.7 Å². The van der Waals surface area contributed by atoms with Gasteiger partial charge in [0.15, 0.2) is 0 Å². The predicted molar refractivity (Wildman–Crippen MR) is 115 cm³/mol. The number of carbonyl (C=O) groups excluding carboxylic acids is 2. The first-order valence-electron chi connectivity index (χ1n) is 9.93. The Kier molecular flexibility index (Phi) is 4.88. The van der Waals surface area contributed by atoms with Crippen molar-refractivity contribution in [1.29, 1.82) is 0 Å². The van der Waals surface area contributed by atoms with Gasteiger partial charge in [-0.15, -0.1) is 11.3 Å². The molecule has 3 heterocycles. The summed E-state index contributed by atoms with van der Waals surface area (Å²) in [6, 6.07) is 10.6. The molecule has 0 fully saturated rings. The highest BCUT2D eigenvalue weighted by atomic mass is 32.1. The molecule has 1 aromatic carbocycles. The van der Waals surface area contributed by atoms with Gasteiger partial charge in [-0.2, -0.15) is 0 Å². The highest BCUT2D eigenvalue weighted by Crippen LogP contribution is 2.41. The number of nitrogens with one attached hydrogen (secondary N) is 2. The zero-order valence-electron chi connectivity index (χ0n) is 16.1. The van der Waals surface area contributed by atoms with E-state index < -0.39 is 5.97 Å². The number of amides is 1. The molecule has 1 aliphatic heterocycles. The van der Waals surface area contributed by atoms with E-state index in [0.29, 0.717) is 11.5 Å². The number of furan rings is 1. The molecule has 0 spiro atoms. The van der Waals surface area contributed by atoms with Crippen molar-refractivity contribution in [2.24, 2.45) is 0 Å². The van der Waals surface area contributed by atoms with Crippen molar-refractivity contribution in [3.05, 3.63) is 76.1 Å². The van der Waals surface area contributed by atoms with Gasteiger partial charge in [0.1, 0.15) is 22.7 Å². The third kappa shape index (κ3) is 3.64. The molecule has 2 aliphatic rings. The van der Waals surface area contributed by atoms with Gasteiger partial charge in [-0.3, -0.25) is 4.79 Å². The van der Waals surface area contributed by atoms with Crippen LogP contribution in [-0.4, -0.2) is 11.9 Å². The fourth-order valence-corrected chi connectivity index (χ4v) is 5.17. The van der Waals surface area contributed by atoms with Crippen LogP contribution in [0, 0.1) is 0 Å². The summed E-state index contributed by atoms with van der Waals surface area (Å²) in [5.41, 5.74) is 2.93. The van der Waals surface area contributed by atoms with Crippen molar-refractivity contribution in [3.8, 4) is 5.75 Å². The van der Waals surface area contributed by atoms with Crippen LogP contribution in [0.15, 0.2) is 53.2 Å². The number of fused-ring (bicyclic) bond motifs is 3. The van der Waals surface area contributed by atoms with Gasteiger partial charge in [-0.1, -0.05) is 12.1 Å². The monoisotopic (exact) mass is 420 g/mol. The molecule has 1 amide bonds. The first-order chi connectivity index (χ1) is 14.7. The molecule has 0 saturated heterocycles. The van der Waals surface area contributed by atoms with Crippen LogP contribution in [0.25, 0.3) is 6.08 Å². The number of anilines is 1. The summed E-state index contributed by atoms with van der Waals surface area (Å²) >= 11 is 1.70. The Hall–Kier alpha value is -3.32. The second-order valence-electron chi connectivity index (χ2n) is 7.30. The second kappa shape index (κ2) is 7.84. The van der Waals surface area contributed by atoms with E-state index in [0.717, 1.165) is 35.4 Å². The van der Waals surface area contributed by atoms with Gasteiger partial charge in [0.2, 0.25) is 0 Å². The number of aryl methyl sites for hydroxylation is 1. The molecule has 0 unspecified atom stereocenters. The molecule has 7 heteroatoms. The largest absolute Gasteiger partial charge is 0.465 e. The first kappa shape index (κ1) is 18.7. The highest BCUT2D eigenvalue weighted by Gasteiger charge is 2.31. The average Bonchev–Trinajstić information content (AvgIpc) is 3.40. The summed E-state index contributed by atoms with van der Waals surface area (Å²) < 4.78 is 10.5. The summed E-state index contributed by atoms with van der Waals surface area (Å²) in [5, 5.41) is 7.46. The molecule has 5 rings (SSSR count). The minimum absolute atomic E-state index is 0.0216. The normalized spacial score (nSPS) is 17.7. The maximum absolute atomic E-state index is 12.8. The van der Waals surface area contributed by atoms with Crippen molar-refractivity contribution < 1.29 is 18.7 Å². The number of carbonyl (C=O) groups is 2. The van der Waals surface area contributed by atoms with Crippen LogP contribution >= 0.6 is 11.3 Å². The van der Waals surface area contributed by atoms with Gasteiger partial charge in [0, 0.05) is 11.0 Å². The van der Waals surface area contributed by atoms with E-state index in [1.165, 1.54) is 29.2 Å². The second-order valence-corrected chi connectivity index (χ2v) is 8.41. The molecule has 1 atom stereocenters. The zero-order valence-corrected chi connectivity index (χ0v) is 17.0. The van der Waals surface area contributed by atoms with E-state index >= 15 is 0 Å². The molecular weight excluding hydrogens is 400 g/mol. The summed E-state index contributed by atoms with van der Waals surface area (Å²) in [7, 11) is 0. The summed E-state index contributed by atoms with van der Waals surface area (Å²) in [6.07, 6.45) is 8.46. The molecule has 3 aromatic rings. The van der Waals surface area contributed by atoms with Crippen molar-refractivity contribution in [2.45, 2.75) is 31.8 Å². The fourth-order valence-electron chi connectivity index (χ4n) is 3.86. The number of esters is 1. The Labute approximate surface area is 177 Å². The van der Waals surface area contributed by atoms with Crippen molar-refractivity contribution >= 4 is 34.3 Å². The highest BCUT2D eigenvalue weighted by molar-refractivity contribution is 7.16. The summed E-state index contributed by atoms with van der Waals surface area (Å²) in [5.74, 6) is 0.502. The number of hydrogen-bond donors (Lipinski definition) is 2. The van der Waals surface area contributed by atoms with Crippen LogP contribution < -0.4 is 15.4 Å². The number of hydrogen-bond acceptors (Lipinski definition) is 6. The maximum Gasteiger partial charge on any atom is 0.336 e. The Morgan fingerprint density at radius 2 is 1.97 bits per heavy atom. The molecule has 0 bridgehead atoms. The third-order valence-corrected chi connectivity index (χ3v) is 6.53. The average molecular weight is 420 g/mol. The minimum Gasteiger partial charge on any atom is -0.465 e. The van der Waals surface area contributed by atoms with Crippen molar-refractivity contribution in [2.75, 3.05) is 5.32 Å². The lowest BCUT2D eigenvalue weighted by Gasteiger charge is -2.26. The summed E-state index contributed by atoms with van der Waals surface area (Å²) in [6.45, 7) is 0. The zero-order chi connectivity index (χ0) is 20.5. The molecule has 152 valence electrons. The molecule has 2 aromatic heterocycles. The number of benzene rings is 1. The Morgan fingerprint density at radius 1 is 1.13 bits per heavy atom. The molecule has 0 radical (unpaired) electrons. The molecular formula is C23H20N2O4S. The molecule has 2 N–H and O–H groups in total. The molecule has 30 heavy (non-hydrogen) atoms. The lowest BCUT2D eigenvalue weighted by atomic mass is 9.94. The lowest BCUT2D eigenvalue weighted by Crippen LogP contribution is -2.38. The van der Waals surface area contributed by atoms with Crippen molar-refractivity contribution in [3.63, 3.8) is 0 Å². The maximum atomic E-state index is 12.8. The van der Waals surface area contributed by atoms with E-state index in [1.807, 2.05) is 12.1 Å². The molecule has 1 aliphatic carbocycles. The smallest absolute Gasteiger partial charge is 0.336 e. The van der Waals surface area contributed by atoms with E-state index in [4.69, 9.17) is 9.15 Å². The molecule has 6 nitrogen and oxygen atoms in total. The van der Waals surface area contributed by atoms with E-state index in [9.17, 15) is 9.59 Å². The van der Waals surface area contributed by atoms with Gasteiger partial charge in [-0.25, -0.2) is 4.79 Å². The van der Waals surface area contributed by atoms with Gasteiger partial charge >= 0.3 is 5.97 Å². The van der Waals surface area contributed by atoms with Gasteiger partial charge in [0.05, 0.1) is 11.8 Å². The fraction of sp³-hybridized carbons (Fsp3) is 0.217. The third-order valence-electron chi connectivity index (χ3n) is 5.31. The Balaban J connectivity index is 1.27. The van der Waals surface area contributed by atoms with Crippen LogP contribution in [0.4, 0.5) is 5.00 Å². The van der Waals surface area contributed by atoms with Gasteiger partial charge in [0.25, 0.3) is 5.91 Å². The van der Waals surface area contributed by atoms with E-state index in [2.05, 4.69) is 10.6 Å². The number of ether oxygens (including phenoxy) is 1. The minimum atomic E-state index is -0.489. The van der Waals surface area contributed by atoms with Crippen LogP contribution in [0.1, 0.15) is 51.1 Å². The first-order valence-corrected chi connectivity index (χ1v) is 10.7. The Morgan fingerprint density at radius 3 is 2.77 bits per heavy atom. The van der Waals surface area contributed by atoms with Crippen LogP contribution in [0.5, 0.6) is 5.75 Å². The van der Waals surface area contributed by atoms with Gasteiger partial charge in [-0.05, 0) is 67.2 Å². The SMILES string of the molecule is O=C(/C=C\c1ccco1)Oc1ccc([C@@H]2NC(=O)c3c(sc4c3CCCC4)N2)cc1. The van der Waals surface area contributed by atoms with Crippen LogP contribution in [0.3, 0.4) is 0 Å².